The van der Waals surface area contributed by atoms with Crippen LogP contribution in [-0.2, 0) is 0 Å². The largest absolute Gasteiger partial charge is 0.383 e. The fourth-order valence-corrected chi connectivity index (χ4v) is 3.12. The first-order valence-corrected chi connectivity index (χ1v) is 10.2. The van der Waals surface area contributed by atoms with Gasteiger partial charge in [-0.2, -0.15) is 5.10 Å². The van der Waals surface area contributed by atoms with Gasteiger partial charge in [0.15, 0.2) is 0 Å². The van der Waals surface area contributed by atoms with Gasteiger partial charge in [0.25, 0.3) is 0 Å². The number of nitrogens with one attached hydrogen (secondary N) is 2. The second-order valence-electron chi connectivity index (χ2n) is 7.39. The summed E-state index contributed by atoms with van der Waals surface area (Å²) in [5, 5.41) is 11.1. The number of benzene rings is 2. The molecule has 2 aromatic carbocycles. The normalized spacial score (nSPS) is 10.9. The maximum atomic E-state index is 6.38. The molecule has 0 amide bonds. The standard InChI is InChI=1S/C25H30N6/c1-17-7-11-22(12-8-17)31-25(27)23(16-29-31)20(4)30-24-15-21(10-9-18(24)2)19(3)28-14-6-5-13-26/h5-12,15-16,28,30H,3-4,13-14,26-27H2,1-2H3/b6-5-. The molecular formula is C25H30N6. The van der Waals surface area contributed by atoms with E-state index in [0.29, 0.717) is 24.6 Å². The molecule has 31 heavy (non-hydrogen) atoms. The fourth-order valence-electron chi connectivity index (χ4n) is 3.12. The highest BCUT2D eigenvalue weighted by Gasteiger charge is 2.13. The van der Waals surface area contributed by atoms with E-state index in [2.05, 4.69) is 28.9 Å². The molecule has 3 rings (SSSR count). The Morgan fingerprint density at radius 3 is 2.52 bits per heavy atom. The number of hydrogen-bond donors (Lipinski definition) is 4. The number of anilines is 2. The predicted molar refractivity (Wildman–Crippen MR) is 132 cm³/mol. The van der Waals surface area contributed by atoms with E-state index in [-0.39, 0.29) is 0 Å². The van der Waals surface area contributed by atoms with Crippen LogP contribution in [0.3, 0.4) is 0 Å². The zero-order chi connectivity index (χ0) is 22.4. The summed E-state index contributed by atoms with van der Waals surface area (Å²) in [6, 6.07) is 14.2. The number of aryl methyl sites for hydroxylation is 2. The molecule has 0 bridgehead atoms. The van der Waals surface area contributed by atoms with Crippen LogP contribution in [0.5, 0.6) is 0 Å². The van der Waals surface area contributed by atoms with E-state index in [1.165, 1.54) is 5.56 Å². The summed E-state index contributed by atoms with van der Waals surface area (Å²) < 4.78 is 1.71. The van der Waals surface area contributed by atoms with Gasteiger partial charge >= 0.3 is 0 Å². The summed E-state index contributed by atoms with van der Waals surface area (Å²) in [5.74, 6) is 0.535. The highest BCUT2D eigenvalue weighted by Crippen LogP contribution is 2.27. The Kier molecular flexibility index (Phi) is 6.95. The minimum absolute atomic E-state index is 0.526. The molecule has 0 radical (unpaired) electrons. The Balaban J connectivity index is 1.77. The second kappa shape index (κ2) is 9.82. The highest BCUT2D eigenvalue weighted by atomic mass is 15.3. The molecule has 1 heterocycles. The maximum Gasteiger partial charge on any atom is 0.136 e. The van der Waals surface area contributed by atoms with E-state index in [0.717, 1.165) is 33.8 Å². The SMILES string of the molecule is C=C(NC/C=C\CN)c1ccc(C)c(NC(=C)c2cnn(-c3ccc(C)cc3)c2N)c1. The van der Waals surface area contributed by atoms with Gasteiger partial charge in [-0.15, -0.1) is 0 Å². The van der Waals surface area contributed by atoms with E-state index in [1.54, 1.807) is 10.9 Å². The number of nitrogens with two attached hydrogens (primary N) is 2. The predicted octanol–water partition coefficient (Wildman–Crippen LogP) is 4.23. The molecule has 0 unspecified atom stereocenters. The summed E-state index contributed by atoms with van der Waals surface area (Å²) in [6.45, 7) is 13.6. The number of aromatic nitrogens is 2. The van der Waals surface area contributed by atoms with E-state index in [1.807, 2.05) is 68.5 Å². The topological polar surface area (TPSA) is 93.9 Å². The lowest BCUT2D eigenvalue weighted by atomic mass is 10.1. The first-order valence-electron chi connectivity index (χ1n) is 10.2. The van der Waals surface area contributed by atoms with Crippen molar-refractivity contribution in [1.82, 2.24) is 15.1 Å². The molecule has 0 saturated carbocycles. The van der Waals surface area contributed by atoms with Gasteiger partial charge in [-0.1, -0.05) is 55.1 Å². The van der Waals surface area contributed by atoms with Crippen molar-refractivity contribution < 1.29 is 0 Å². The lowest BCUT2D eigenvalue weighted by Gasteiger charge is -2.15. The third-order valence-corrected chi connectivity index (χ3v) is 5.02. The van der Waals surface area contributed by atoms with E-state index in [4.69, 9.17) is 11.5 Å². The van der Waals surface area contributed by atoms with Crippen molar-refractivity contribution in [2.24, 2.45) is 5.73 Å². The van der Waals surface area contributed by atoms with Crippen LogP contribution in [0.2, 0.25) is 0 Å². The highest BCUT2D eigenvalue weighted by molar-refractivity contribution is 5.82. The average Bonchev–Trinajstić information content (AvgIpc) is 3.14. The minimum Gasteiger partial charge on any atom is -0.383 e. The van der Waals surface area contributed by atoms with Crippen LogP contribution in [0.1, 0.15) is 22.3 Å². The summed E-state index contributed by atoms with van der Waals surface area (Å²) in [5.41, 5.74) is 19.2. The van der Waals surface area contributed by atoms with Gasteiger partial charge in [0.2, 0.25) is 0 Å². The van der Waals surface area contributed by atoms with Crippen LogP contribution in [0, 0.1) is 13.8 Å². The van der Waals surface area contributed by atoms with Crippen molar-refractivity contribution >= 4 is 22.9 Å². The molecule has 0 aliphatic rings. The Morgan fingerprint density at radius 2 is 1.81 bits per heavy atom. The van der Waals surface area contributed by atoms with E-state index in [9.17, 15) is 0 Å². The van der Waals surface area contributed by atoms with Gasteiger partial charge in [-0.05, 0) is 43.2 Å². The van der Waals surface area contributed by atoms with Gasteiger partial charge in [-0.3, -0.25) is 0 Å². The minimum atomic E-state index is 0.526. The van der Waals surface area contributed by atoms with Gasteiger partial charge in [-0.25, -0.2) is 4.68 Å². The molecule has 6 nitrogen and oxygen atoms in total. The molecule has 1 aromatic heterocycles. The second-order valence-corrected chi connectivity index (χ2v) is 7.39. The zero-order valence-corrected chi connectivity index (χ0v) is 18.2. The van der Waals surface area contributed by atoms with Crippen LogP contribution in [0.25, 0.3) is 17.1 Å². The fraction of sp³-hybridized carbons (Fsp3) is 0.160. The molecule has 3 aromatic rings. The lowest BCUT2D eigenvalue weighted by Crippen LogP contribution is -2.12. The number of rotatable bonds is 9. The molecule has 0 aliphatic carbocycles. The van der Waals surface area contributed by atoms with Crippen molar-refractivity contribution in [3.8, 4) is 5.69 Å². The molecule has 160 valence electrons. The summed E-state index contributed by atoms with van der Waals surface area (Å²) in [7, 11) is 0. The molecule has 0 saturated heterocycles. The van der Waals surface area contributed by atoms with Crippen molar-refractivity contribution in [2.75, 3.05) is 24.1 Å². The average molecular weight is 415 g/mol. The van der Waals surface area contributed by atoms with Crippen molar-refractivity contribution in [1.29, 1.82) is 0 Å². The van der Waals surface area contributed by atoms with Crippen LogP contribution >= 0.6 is 0 Å². The number of nitrogens with zero attached hydrogens (tertiary/aromatic N) is 2. The first-order chi connectivity index (χ1) is 14.9. The molecule has 0 aliphatic heterocycles. The van der Waals surface area contributed by atoms with E-state index >= 15 is 0 Å². The molecule has 6 heteroatoms. The third kappa shape index (κ3) is 5.24. The quantitative estimate of drug-likeness (QED) is 0.393. The van der Waals surface area contributed by atoms with Gasteiger partial charge in [0.05, 0.1) is 17.4 Å². The van der Waals surface area contributed by atoms with Crippen molar-refractivity contribution in [3.05, 3.63) is 96.2 Å². The van der Waals surface area contributed by atoms with Crippen LogP contribution in [-0.4, -0.2) is 22.9 Å². The number of nitrogen functional groups attached to an aromatic ring is 1. The first kappa shape index (κ1) is 21.9. The molecule has 0 fully saturated rings. The smallest absolute Gasteiger partial charge is 0.136 e. The van der Waals surface area contributed by atoms with Crippen LogP contribution in [0.4, 0.5) is 11.5 Å². The van der Waals surface area contributed by atoms with Crippen LogP contribution < -0.4 is 22.1 Å². The Hall–Kier alpha value is -3.77. The molecule has 6 N–H and O–H groups in total. The Bertz CT molecular complexity index is 1110. The summed E-state index contributed by atoms with van der Waals surface area (Å²) >= 11 is 0. The van der Waals surface area contributed by atoms with Crippen molar-refractivity contribution in [3.63, 3.8) is 0 Å². The van der Waals surface area contributed by atoms with Crippen molar-refractivity contribution in [2.45, 2.75) is 13.8 Å². The molecule has 0 spiro atoms. The maximum absolute atomic E-state index is 6.38. The van der Waals surface area contributed by atoms with Gasteiger partial charge in [0, 0.05) is 30.2 Å². The lowest BCUT2D eigenvalue weighted by molar-refractivity contribution is 0.890. The Morgan fingerprint density at radius 1 is 1.06 bits per heavy atom. The van der Waals surface area contributed by atoms with Crippen LogP contribution in [0.15, 0.2) is 74.0 Å². The zero-order valence-electron chi connectivity index (χ0n) is 18.2. The molecular weight excluding hydrogens is 384 g/mol. The van der Waals surface area contributed by atoms with E-state index < -0.39 is 0 Å². The summed E-state index contributed by atoms with van der Waals surface area (Å²) in [6.07, 6.45) is 5.62. The Labute approximate surface area is 184 Å². The monoisotopic (exact) mass is 414 g/mol. The summed E-state index contributed by atoms with van der Waals surface area (Å²) in [4.78, 5) is 0. The number of hydrogen-bond acceptors (Lipinski definition) is 5. The third-order valence-electron chi connectivity index (χ3n) is 5.02. The van der Waals surface area contributed by atoms with Gasteiger partial charge < -0.3 is 22.1 Å². The molecule has 0 atom stereocenters. The van der Waals surface area contributed by atoms with Gasteiger partial charge in [0.1, 0.15) is 5.82 Å².